The van der Waals surface area contributed by atoms with Crippen LogP contribution in [0.1, 0.15) is 16.7 Å². The zero-order valence-electron chi connectivity index (χ0n) is 17.0. The van der Waals surface area contributed by atoms with Gasteiger partial charge in [0.1, 0.15) is 0 Å². The van der Waals surface area contributed by atoms with Crippen LogP contribution in [0.15, 0.2) is 48.2 Å². The monoisotopic (exact) mass is 391 g/mol. The summed E-state index contributed by atoms with van der Waals surface area (Å²) < 4.78 is 0. The number of likely N-dealkylation sites (N-methyl/N-ethyl adjacent to an activating group) is 1. The van der Waals surface area contributed by atoms with Crippen molar-refractivity contribution in [1.82, 2.24) is 4.90 Å². The molecule has 2 amide bonds. The molecular weight excluding hydrogens is 366 g/mol. The first-order valence-corrected chi connectivity index (χ1v) is 9.80. The van der Waals surface area contributed by atoms with E-state index in [2.05, 4.69) is 16.8 Å². The highest BCUT2D eigenvalue weighted by atomic mass is 16.3. The molecule has 150 valence electrons. The van der Waals surface area contributed by atoms with Crippen molar-refractivity contribution in [3.8, 4) is 0 Å². The number of hydrogen-bond acceptors (Lipinski definition) is 5. The number of aliphatic hydroxyl groups is 1. The minimum Gasteiger partial charge on any atom is -0.502 e. The molecule has 0 atom stereocenters. The molecule has 2 aromatic rings. The third-order valence-electron chi connectivity index (χ3n) is 5.83. The fraction of sp³-hybridized carbons (Fsp3) is 0.304. The van der Waals surface area contributed by atoms with Crippen LogP contribution >= 0.6 is 0 Å². The van der Waals surface area contributed by atoms with Crippen LogP contribution in [-0.4, -0.2) is 55.0 Å². The van der Waals surface area contributed by atoms with Gasteiger partial charge in [-0.25, -0.2) is 4.90 Å². The van der Waals surface area contributed by atoms with Crippen molar-refractivity contribution in [2.75, 3.05) is 43.0 Å². The Bertz CT molecular complexity index is 1000. The van der Waals surface area contributed by atoms with Crippen LogP contribution in [0, 0.1) is 13.8 Å². The van der Waals surface area contributed by atoms with Gasteiger partial charge in [-0.15, -0.1) is 0 Å². The van der Waals surface area contributed by atoms with E-state index in [0.29, 0.717) is 11.3 Å². The molecule has 29 heavy (non-hydrogen) atoms. The second-order valence-electron chi connectivity index (χ2n) is 7.78. The molecule has 0 spiro atoms. The Kier molecular flexibility index (Phi) is 4.88. The van der Waals surface area contributed by atoms with Gasteiger partial charge < -0.3 is 14.9 Å². The second-order valence-corrected chi connectivity index (χ2v) is 7.78. The lowest BCUT2D eigenvalue weighted by atomic mass is 10.00. The van der Waals surface area contributed by atoms with Crippen molar-refractivity contribution < 1.29 is 14.7 Å². The largest absolute Gasteiger partial charge is 0.502 e. The van der Waals surface area contributed by atoms with Gasteiger partial charge in [-0.1, -0.05) is 18.2 Å². The maximum Gasteiger partial charge on any atom is 0.301 e. The molecule has 0 aliphatic carbocycles. The molecule has 0 radical (unpaired) electrons. The van der Waals surface area contributed by atoms with Crippen LogP contribution in [0.5, 0.6) is 0 Å². The summed E-state index contributed by atoms with van der Waals surface area (Å²) in [7, 11) is 2.11. The summed E-state index contributed by atoms with van der Waals surface area (Å²) in [6.45, 7) is 7.80. The predicted molar refractivity (Wildman–Crippen MR) is 114 cm³/mol. The topological polar surface area (TPSA) is 64.1 Å². The normalized spacial score (nSPS) is 18.2. The van der Waals surface area contributed by atoms with E-state index in [1.54, 1.807) is 18.2 Å². The SMILES string of the molecule is Cc1ccc(C2=C(O)C(=O)N(c3ccc(N4CCN(C)CC4)cc3)C2=O)cc1C. The number of piperazine rings is 1. The Balaban J connectivity index is 1.59. The Labute approximate surface area is 170 Å². The van der Waals surface area contributed by atoms with Crippen LogP contribution in [0.2, 0.25) is 0 Å². The van der Waals surface area contributed by atoms with Gasteiger partial charge in [-0.2, -0.15) is 0 Å². The number of amides is 2. The Morgan fingerprint density at radius 3 is 2.03 bits per heavy atom. The van der Waals surface area contributed by atoms with Gasteiger partial charge >= 0.3 is 5.91 Å². The van der Waals surface area contributed by atoms with Gasteiger partial charge in [-0.05, 0) is 61.9 Å². The molecule has 2 aliphatic rings. The molecule has 4 rings (SSSR count). The Morgan fingerprint density at radius 2 is 1.41 bits per heavy atom. The Hall–Kier alpha value is -3.12. The summed E-state index contributed by atoms with van der Waals surface area (Å²) in [5.74, 6) is -1.68. The summed E-state index contributed by atoms with van der Waals surface area (Å²) in [5.41, 5.74) is 4.22. The van der Waals surface area contributed by atoms with Gasteiger partial charge in [0.15, 0.2) is 5.76 Å². The zero-order valence-corrected chi connectivity index (χ0v) is 17.0. The van der Waals surface area contributed by atoms with E-state index in [-0.39, 0.29) is 5.57 Å². The lowest BCUT2D eigenvalue weighted by Gasteiger charge is -2.34. The van der Waals surface area contributed by atoms with Gasteiger partial charge in [0.25, 0.3) is 5.91 Å². The number of rotatable bonds is 3. The molecule has 2 aromatic carbocycles. The first kappa shape index (κ1) is 19.2. The number of nitrogens with zero attached hydrogens (tertiary/aromatic N) is 3. The van der Waals surface area contributed by atoms with E-state index < -0.39 is 17.6 Å². The van der Waals surface area contributed by atoms with Crippen molar-refractivity contribution in [2.24, 2.45) is 0 Å². The predicted octanol–water partition coefficient (Wildman–Crippen LogP) is 2.90. The van der Waals surface area contributed by atoms with Crippen LogP contribution in [0.3, 0.4) is 0 Å². The van der Waals surface area contributed by atoms with Crippen molar-refractivity contribution in [1.29, 1.82) is 0 Å². The van der Waals surface area contributed by atoms with E-state index in [0.717, 1.165) is 47.9 Å². The van der Waals surface area contributed by atoms with Gasteiger partial charge in [0.2, 0.25) is 0 Å². The minimum absolute atomic E-state index is 0.0567. The number of aryl methyl sites for hydroxylation is 2. The molecule has 1 saturated heterocycles. The minimum atomic E-state index is -0.685. The molecule has 2 heterocycles. The maximum atomic E-state index is 13.0. The molecule has 0 unspecified atom stereocenters. The van der Waals surface area contributed by atoms with Crippen LogP contribution in [-0.2, 0) is 9.59 Å². The lowest BCUT2D eigenvalue weighted by Crippen LogP contribution is -2.44. The molecular formula is C23H25N3O3. The van der Waals surface area contributed by atoms with Crippen LogP contribution in [0.25, 0.3) is 5.57 Å². The number of imide groups is 1. The highest BCUT2D eigenvalue weighted by Crippen LogP contribution is 2.33. The molecule has 6 heteroatoms. The van der Waals surface area contributed by atoms with Gasteiger partial charge in [0.05, 0.1) is 11.3 Å². The lowest BCUT2D eigenvalue weighted by molar-refractivity contribution is -0.121. The summed E-state index contributed by atoms with van der Waals surface area (Å²) in [4.78, 5) is 31.3. The van der Waals surface area contributed by atoms with Crippen LogP contribution in [0.4, 0.5) is 11.4 Å². The zero-order chi connectivity index (χ0) is 20.7. The van der Waals surface area contributed by atoms with Gasteiger partial charge in [0, 0.05) is 31.9 Å². The summed E-state index contributed by atoms with van der Waals surface area (Å²) in [6, 6.07) is 12.8. The first-order chi connectivity index (χ1) is 13.9. The van der Waals surface area contributed by atoms with E-state index in [1.165, 1.54) is 0 Å². The van der Waals surface area contributed by atoms with Crippen molar-refractivity contribution >= 4 is 28.8 Å². The van der Waals surface area contributed by atoms with E-state index in [9.17, 15) is 14.7 Å². The van der Waals surface area contributed by atoms with E-state index in [1.807, 2.05) is 38.1 Å². The summed E-state index contributed by atoms with van der Waals surface area (Å²) in [5, 5.41) is 10.4. The molecule has 2 aliphatic heterocycles. The molecule has 1 N–H and O–H groups in total. The first-order valence-electron chi connectivity index (χ1n) is 9.80. The quantitative estimate of drug-likeness (QED) is 0.815. The molecule has 0 bridgehead atoms. The average Bonchev–Trinajstić information content (AvgIpc) is 2.94. The van der Waals surface area contributed by atoms with E-state index in [4.69, 9.17) is 0 Å². The highest BCUT2D eigenvalue weighted by molar-refractivity contribution is 6.44. The number of benzene rings is 2. The Morgan fingerprint density at radius 1 is 0.793 bits per heavy atom. The summed E-state index contributed by atoms with van der Waals surface area (Å²) >= 11 is 0. The number of aliphatic hydroxyl groups excluding tert-OH is 1. The average molecular weight is 391 g/mol. The molecule has 1 fully saturated rings. The third-order valence-corrected chi connectivity index (χ3v) is 5.83. The fourth-order valence-electron chi connectivity index (χ4n) is 3.79. The highest BCUT2D eigenvalue weighted by Gasteiger charge is 2.40. The number of anilines is 2. The standard InChI is InChI=1S/C23H25N3O3/c1-15-4-5-17(14-16(15)2)20-21(27)23(29)26(22(20)28)19-8-6-18(7-9-19)25-12-10-24(3)11-13-25/h4-9,14,27H,10-13H2,1-3H3. The third kappa shape index (κ3) is 3.40. The smallest absolute Gasteiger partial charge is 0.301 e. The van der Waals surface area contributed by atoms with Crippen molar-refractivity contribution in [2.45, 2.75) is 13.8 Å². The number of hydrogen-bond donors (Lipinski definition) is 1. The number of carbonyl (C=O) groups is 2. The van der Waals surface area contributed by atoms with E-state index >= 15 is 0 Å². The molecule has 0 aromatic heterocycles. The van der Waals surface area contributed by atoms with Crippen molar-refractivity contribution in [3.63, 3.8) is 0 Å². The maximum absolute atomic E-state index is 13.0. The summed E-state index contributed by atoms with van der Waals surface area (Å²) in [6.07, 6.45) is 0. The van der Waals surface area contributed by atoms with Crippen molar-refractivity contribution in [3.05, 3.63) is 64.9 Å². The van der Waals surface area contributed by atoms with Gasteiger partial charge in [-0.3, -0.25) is 9.59 Å². The molecule has 0 saturated carbocycles. The number of carbonyl (C=O) groups excluding carboxylic acids is 2. The molecule has 6 nitrogen and oxygen atoms in total. The van der Waals surface area contributed by atoms with Crippen LogP contribution < -0.4 is 9.80 Å². The second kappa shape index (κ2) is 7.37. The fourth-order valence-corrected chi connectivity index (χ4v) is 3.79.